The molecule has 0 radical (unpaired) electrons. The van der Waals surface area contributed by atoms with Crippen LogP contribution in [0.1, 0.15) is 21.7 Å². The number of hydrogen-bond acceptors (Lipinski definition) is 4. The Morgan fingerprint density at radius 2 is 1.84 bits per heavy atom. The van der Waals surface area contributed by atoms with Gasteiger partial charge in [-0.15, -0.1) is 23.7 Å². The molecule has 3 N–H and O–H groups in total. The molecule has 7 heteroatoms. The van der Waals surface area contributed by atoms with E-state index >= 15 is 0 Å². The molecule has 2 aromatic rings. The van der Waals surface area contributed by atoms with E-state index in [-0.39, 0.29) is 24.2 Å². The first-order valence-electron chi connectivity index (χ1n) is 8.01. The highest BCUT2D eigenvalue weighted by atomic mass is 35.5. The number of hydrogen-bond donors (Lipinski definition) is 3. The Morgan fingerprint density at radius 3 is 2.48 bits per heavy atom. The van der Waals surface area contributed by atoms with E-state index in [0.29, 0.717) is 17.8 Å². The number of benzene rings is 1. The molecule has 0 aliphatic carbocycles. The van der Waals surface area contributed by atoms with Gasteiger partial charge >= 0.3 is 0 Å². The zero-order valence-electron chi connectivity index (χ0n) is 14.2. The normalized spacial score (nSPS) is 11.2. The topological polar surface area (TPSA) is 70.2 Å². The molecule has 1 aromatic carbocycles. The quantitative estimate of drug-likeness (QED) is 0.583. The number of amides is 2. The molecule has 1 atom stereocenters. The number of halogens is 1. The summed E-state index contributed by atoms with van der Waals surface area (Å²) in [7, 11) is 1.88. The molecule has 0 aliphatic heterocycles. The molecule has 2 amide bonds. The fourth-order valence-electron chi connectivity index (χ4n) is 2.30. The first-order chi connectivity index (χ1) is 11.7. The van der Waals surface area contributed by atoms with Crippen molar-refractivity contribution in [3.05, 3.63) is 58.3 Å². The maximum atomic E-state index is 12.5. The molecule has 0 bridgehead atoms. The summed E-state index contributed by atoms with van der Waals surface area (Å²) in [6.45, 7) is 1.42. The minimum absolute atomic E-state index is 0. The summed E-state index contributed by atoms with van der Waals surface area (Å²) in [5.74, 6) is -0.365. The summed E-state index contributed by atoms with van der Waals surface area (Å²) < 4.78 is 0. The lowest BCUT2D eigenvalue weighted by Gasteiger charge is -2.18. The van der Waals surface area contributed by atoms with Crippen LogP contribution in [0, 0.1) is 0 Å². The molecule has 1 heterocycles. The van der Waals surface area contributed by atoms with Crippen LogP contribution in [0.15, 0.2) is 47.8 Å². The van der Waals surface area contributed by atoms with E-state index < -0.39 is 6.04 Å². The van der Waals surface area contributed by atoms with Gasteiger partial charge < -0.3 is 16.0 Å². The van der Waals surface area contributed by atoms with E-state index in [2.05, 4.69) is 16.0 Å². The minimum atomic E-state index is -0.586. The van der Waals surface area contributed by atoms with Crippen LogP contribution in [0.4, 0.5) is 0 Å². The molecular formula is C18H24ClN3O2S. The SMILES string of the molecule is CNCCCNC(=O)C(Cc1ccccc1)NC(=O)c1cccs1.Cl. The lowest BCUT2D eigenvalue weighted by molar-refractivity contribution is -0.122. The van der Waals surface area contributed by atoms with Crippen molar-refractivity contribution in [1.29, 1.82) is 0 Å². The van der Waals surface area contributed by atoms with Gasteiger partial charge in [-0.3, -0.25) is 9.59 Å². The molecule has 0 saturated heterocycles. The van der Waals surface area contributed by atoms with Crippen LogP contribution in [-0.4, -0.2) is 38.0 Å². The highest BCUT2D eigenvalue weighted by Gasteiger charge is 2.21. The fourth-order valence-corrected chi connectivity index (χ4v) is 2.92. The lowest BCUT2D eigenvalue weighted by atomic mass is 10.1. The molecule has 0 aliphatic rings. The standard InChI is InChI=1S/C18H23N3O2S.ClH/c1-19-10-6-11-20-17(22)15(13-14-7-3-2-4-8-14)21-18(23)16-9-5-12-24-16;/h2-5,7-9,12,15,19H,6,10-11,13H2,1H3,(H,20,22)(H,21,23);1H. The van der Waals surface area contributed by atoms with Crippen molar-refractivity contribution in [2.75, 3.05) is 20.1 Å². The second kappa shape index (κ2) is 11.6. The van der Waals surface area contributed by atoms with Gasteiger partial charge in [0.2, 0.25) is 5.91 Å². The Bertz CT molecular complexity index is 635. The molecular weight excluding hydrogens is 358 g/mol. The van der Waals surface area contributed by atoms with Gasteiger partial charge in [-0.1, -0.05) is 36.4 Å². The first kappa shape index (κ1) is 21.2. The van der Waals surface area contributed by atoms with Crippen molar-refractivity contribution in [2.24, 2.45) is 0 Å². The number of carbonyl (C=O) groups excluding carboxylic acids is 2. The largest absolute Gasteiger partial charge is 0.354 e. The van der Waals surface area contributed by atoms with Gasteiger partial charge in [0.25, 0.3) is 5.91 Å². The third-order valence-corrected chi connectivity index (χ3v) is 4.42. The van der Waals surface area contributed by atoms with Crippen molar-refractivity contribution in [3.8, 4) is 0 Å². The maximum absolute atomic E-state index is 12.5. The number of carbonyl (C=O) groups is 2. The summed E-state index contributed by atoms with van der Waals surface area (Å²) >= 11 is 1.36. The number of thiophene rings is 1. The molecule has 25 heavy (non-hydrogen) atoms. The molecule has 0 spiro atoms. The van der Waals surface area contributed by atoms with Crippen molar-refractivity contribution in [2.45, 2.75) is 18.9 Å². The number of nitrogens with one attached hydrogen (secondary N) is 3. The Kier molecular flexibility index (Phi) is 9.84. The van der Waals surface area contributed by atoms with Crippen LogP contribution >= 0.6 is 23.7 Å². The van der Waals surface area contributed by atoms with Crippen LogP contribution in [0.2, 0.25) is 0 Å². The summed E-state index contributed by atoms with van der Waals surface area (Å²) in [5.41, 5.74) is 1.01. The van der Waals surface area contributed by atoms with Crippen LogP contribution in [-0.2, 0) is 11.2 Å². The zero-order chi connectivity index (χ0) is 17.2. The third kappa shape index (κ3) is 7.25. The highest BCUT2D eigenvalue weighted by molar-refractivity contribution is 7.12. The van der Waals surface area contributed by atoms with E-state index in [9.17, 15) is 9.59 Å². The molecule has 1 unspecified atom stereocenters. The lowest BCUT2D eigenvalue weighted by Crippen LogP contribution is -2.48. The zero-order valence-corrected chi connectivity index (χ0v) is 15.8. The average molecular weight is 382 g/mol. The second-order valence-electron chi connectivity index (χ2n) is 5.44. The van der Waals surface area contributed by atoms with Gasteiger partial charge in [0.1, 0.15) is 6.04 Å². The average Bonchev–Trinajstić information content (AvgIpc) is 3.13. The van der Waals surface area contributed by atoms with Crippen molar-refractivity contribution < 1.29 is 9.59 Å². The molecule has 5 nitrogen and oxygen atoms in total. The summed E-state index contributed by atoms with van der Waals surface area (Å²) in [6, 6.07) is 12.7. The highest BCUT2D eigenvalue weighted by Crippen LogP contribution is 2.10. The predicted octanol–water partition coefficient (Wildman–Crippen LogP) is 2.24. The van der Waals surface area contributed by atoms with Gasteiger partial charge in [-0.05, 0) is 37.0 Å². The van der Waals surface area contributed by atoms with E-state index in [4.69, 9.17) is 0 Å². The second-order valence-corrected chi connectivity index (χ2v) is 6.39. The van der Waals surface area contributed by atoms with E-state index in [1.165, 1.54) is 11.3 Å². The van der Waals surface area contributed by atoms with E-state index in [0.717, 1.165) is 18.5 Å². The maximum Gasteiger partial charge on any atom is 0.262 e. The Hall–Kier alpha value is -1.89. The van der Waals surface area contributed by atoms with Crippen molar-refractivity contribution in [1.82, 2.24) is 16.0 Å². The Labute approximate surface area is 158 Å². The Balaban J connectivity index is 0.00000312. The smallest absolute Gasteiger partial charge is 0.262 e. The van der Waals surface area contributed by atoms with Crippen molar-refractivity contribution >= 4 is 35.6 Å². The first-order valence-corrected chi connectivity index (χ1v) is 8.89. The monoisotopic (exact) mass is 381 g/mol. The summed E-state index contributed by atoms with van der Waals surface area (Å²) in [6.07, 6.45) is 1.31. The molecule has 1 aromatic heterocycles. The summed E-state index contributed by atoms with van der Waals surface area (Å²) in [5, 5.41) is 10.6. The summed E-state index contributed by atoms with van der Waals surface area (Å²) in [4.78, 5) is 25.4. The van der Waals surface area contributed by atoms with Gasteiger partial charge in [0.05, 0.1) is 4.88 Å². The van der Waals surface area contributed by atoms with Gasteiger partial charge in [0.15, 0.2) is 0 Å². The third-order valence-electron chi connectivity index (χ3n) is 3.55. The number of rotatable bonds is 9. The van der Waals surface area contributed by atoms with Gasteiger partial charge in [-0.25, -0.2) is 0 Å². The molecule has 2 rings (SSSR count). The molecule has 136 valence electrons. The van der Waals surface area contributed by atoms with E-state index in [1.54, 1.807) is 6.07 Å². The van der Waals surface area contributed by atoms with Crippen LogP contribution in [0.3, 0.4) is 0 Å². The van der Waals surface area contributed by atoms with Crippen LogP contribution in [0.5, 0.6) is 0 Å². The van der Waals surface area contributed by atoms with Crippen LogP contribution in [0.25, 0.3) is 0 Å². The Morgan fingerprint density at radius 1 is 1.08 bits per heavy atom. The van der Waals surface area contributed by atoms with Gasteiger partial charge in [0, 0.05) is 13.0 Å². The minimum Gasteiger partial charge on any atom is -0.354 e. The molecule has 0 saturated carbocycles. The molecule has 0 fully saturated rings. The van der Waals surface area contributed by atoms with E-state index in [1.807, 2.05) is 48.8 Å². The fraction of sp³-hybridized carbons (Fsp3) is 0.333. The predicted molar refractivity (Wildman–Crippen MR) is 105 cm³/mol. The van der Waals surface area contributed by atoms with Gasteiger partial charge in [-0.2, -0.15) is 0 Å². The van der Waals surface area contributed by atoms with Crippen LogP contribution < -0.4 is 16.0 Å². The van der Waals surface area contributed by atoms with Crippen molar-refractivity contribution in [3.63, 3.8) is 0 Å².